The molecule has 25 heavy (non-hydrogen) atoms. The summed E-state index contributed by atoms with van der Waals surface area (Å²) in [7, 11) is 1.52. The zero-order chi connectivity index (χ0) is 18.6. The van der Waals surface area contributed by atoms with E-state index in [0.29, 0.717) is 30.8 Å². The predicted molar refractivity (Wildman–Crippen MR) is 84.6 cm³/mol. The summed E-state index contributed by atoms with van der Waals surface area (Å²) in [6.07, 6.45) is -2.62. The molecule has 2 rings (SSSR count). The minimum absolute atomic E-state index is 0.0795. The van der Waals surface area contributed by atoms with Crippen molar-refractivity contribution in [1.29, 1.82) is 0 Å². The summed E-state index contributed by atoms with van der Waals surface area (Å²) in [5, 5.41) is 9.42. The van der Waals surface area contributed by atoms with Crippen molar-refractivity contribution in [2.45, 2.75) is 32.0 Å². The summed E-state index contributed by atoms with van der Waals surface area (Å²) >= 11 is 0. The van der Waals surface area contributed by atoms with E-state index < -0.39 is 17.7 Å². The fourth-order valence-corrected chi connectivity index (χ4v) is 2.59. The van der Waals surface area contributed by atoms with Crippen LogP contribution in [0.3, 0.4) is 0 Å². The largest absolute Gasteiger partial charge is 0.477 e. The van der Waals surface area contributed by atoms with Crippen LogP contribution < -0.4 is 0 Å². The maximum absolute atomic E-state index is 12.6. The summed E-state index contributed by atoms with van der Waals surface area (Å²) in [4.78, 5) is 15.7. The number of carbonyl (C=O) groups is 1. The van der Waals surface area contributed by atoms with Crippen molar-refractivity contribution >= 4 is 5.97 Å². The fraction of sp³-hybridized carbons (Fsp3) is 0.412. The number of aromatic carboxylic acids is 1. The van der Waals surface area contributed by atoms with Gasteiger partial charge in [0.2, 0.25) is 0 Å². The molecular weight excluding hydrogens is 337 g/mol. The normalized spacial score (nSPS) is 13.0. The molecule has 0 aliphatic heterocycles. The first-order valence-electron chi connectivity index (χ1n) is 7.67. The van der Waals surface area contributed by atoms with Crippen LogP contribution in [0.1, 0.15) is 40.2 Å². The van der Waals surface area contributed by atoms with E-state index in [1.54, 1.807) is 0 Å². The summed E-state index contributed by atoms with van der Waals surface area (Å²) in [6.45, 7) is 2.53. The third-order valence-corrected chi connectivity index (χ3v) is 3.96. The van der Waals surface area contributed by atoms with Gasteiger partial charge in [-0.25, -0.2) is 9.78 Å². The standard InChI is InChI=1S/C17H19F3N2O3/c1-11(12-3-5-13(6-4-12)17(18,19)20)9-14-15(16(23)24)22(10-21-14)7-8-25-2/h3-6,10-11H,7-9H2,1-2H3,(H,23,24). The van der Waals surface area contributed by atoms with Gasteiger partial charge in [0.05, 0.1) is 24.2 Å². The second kappa shape index (κ2) is 7.69. The average molecular weight is 356 g/mol. The molecule has 2 aromatic rings. The van der Waals surface area contributed by atoms with Gasteiger partial charge in [0, 0.05) is 13.7 Å². The maximum Gasteiger partial charge on any atom is 0.416 e. The Morgan fingerprint density at radius 1 is 1.32 bits per heavy atom. The van der Waals surface area contributed by atoms with Gasteiger partial charge in [0.1, 0.15) is 5.69 Å². The van der Waals surface area contributed by atoms with Crippen LogP contribution in [0.2, 0.25) is 0 Å². The monoisotopic (exact) mass is 356 g/mol. The summed E-state index contributed by atoms with van der Waals surface area (Å²) in [5.74, 6) is -1.27. The SMILES string of the molecule is COCCn1cnc(CC(C)c2ccc(C(F)(F)F)cc2)c1C(=O)O. The van der Waals surface area contributed by atoms with E-state index in [9.17, 15) is 23.1 Å². The van der Waals surface area contributed by atoms with Crippen LogP contribution in [0.25, 0.3) is 0 Å². The number of methoxy groups -OCH3 is 1. The molecule has 0 radical (unpaired) electrons. The lowest BCUT2D eigenvalue weighted by Crippen LogP contribution is -2.14. The van der Waals surface area contributed by atoms with Gasteiger partial charge in [-0.2, -0.15) is 13.2 Å². The lowest BCUT2D eigenvalue weighted by molar-refractivity contribution is -0.137. The number of alkyl halides is 3. The minimum Gasteiger partial charge on any atom is -0.477 e. The zero-order valence-electron chi connectivity index (χ0n) is 13.9. The van der Waals surface area contributed by atoms with E-state index in [1.165, 1.54) is 30.1 Å². The van der Waals surface area contributed by atoms with Crippen molar-refractivity contribution in [3.63, 3.8) is 0 Å². The molecule has 1 heterocycles. The van der Waals surface area contributed by atoms with E-state index >= 15 is 0 Å². The van der Waals surface area contributed by atoms with Crippen LogP contribution >= 0.6 is 0 Å². The molecule has 8 heteroatoms. The highest BCUT2D eigenvalue weighted by molar-refractivity contribution is 5.87. The third-order valence-electron chi connectivity index (χ3n) is 3.96. The van der Waals surface area contributed by atoms with Gasteiger partial charge >= 0.3 is 12.1 Å². The first-order valence-corrected chi connectivity index (χ1v) is 7.67. The molecule has 0 bridgehead atoms. The minimum atomic E-state index is -4.38. The van der Waals surface area contributed by atoms with E-state index in [0.717, 1.165) is 12.1 Å². The maximum atomic E-state index is 12.6. The molecule has 1 unspecified atom stereocenters. The van der Waals surface area contributed by atoms with Gasteiger partial charge in [-0.1, -0.05) is 19.1 Å². The number of rotatable bonds is 7. The van der Waals surface area contributed by atoms with Crippen molar-refractivity contribution in [3.05, 3.63) is 53.1 Å². The molecule has 0 aliphatic rings. The Kier molecular flexibility index (Phi) is 5.84. The molecule has 0 saturated carbocycles. The van der Waals surface area contributed by atoms with Crippen LogP contribution in [-0.2, 0) is 23.9 Å². The summed E-state index contributed by atoms with van der Waals surface area (Å²) in [5.41, 5.74) is 0.459. The molecule has 1 aromatic carbocycles. The van der Waals surface area contributed by atoms with E-state index in [-0.39, 0.29) is 11.6 Å². The number of imidazole rings is 1. The first-order chi connectivity index (χ1) is 11.7. The van der Waals surface area contributed by atoms with Crippen LogP contribution in [-0.4, -0.2) is 34.3 Å². The molecule has 1 N–H and O–H groups in total. The number of ether oxygens (including phenoxy) is 1. The Bertz CT molecular complexity index is 724. The van der Waals surface area contributed by atoms with Crippen LogP contribution in [0, 0.1) is 0 Å². The highest BCUT2D eigenvalue weighted by Gasteiger charge is 2.30. The molecule has 1 atom stereocenters. The molecule has 0 fully saturated rings. The van der Waals surface area contributed by atoms with Gasteiger partial charge in [0.25, 0.3) is 0 Å². The molecule has 0 spiro atoms. The molecular formula is C17H19F3N2O3. The number of nitrogens with zero attached hydrogens (tertiary/aromatic N) is 2. The quantitative estimate of drug-likeness (QED) is 0.823. The summed E-state index contributed by atoms with van der Waals surface area (Å²) < 4.78 is 44.3. The number of benzene rings is 1. The second-order valence-electron chi connectivity index (χ2n) is 5.76. The number of aromatic nitrogens is 2. The van der Waals surface area contributed by atoms with Crippen LogP contribution in [0.5, 0.6) is 0 Å². The van der Waals surface area contributed by atoms with Crippen molar-refractivity contribution in [2.75, 3.05) is 13.7 Å². The highest BCUT2D eigenvalue weighted by Crippen LogP contribution is 2.30. The first kappa shape index (κ1) is 19.0. The predicted octanol–water partition coefficient (Wildman–Crippen LogP) is 3.59. The van der Waals surface area contributed by atoms with Crippen molar-refractivity contribution in [3.8, 4) is 0 Å². The van der Waals surface area contributed by atoms with Crippen molar-refractivity contribution < 1.29 is 27.8 Å². The Balaban J connectivity index is 2.18. The smallest absolute Gasteiger partial charge is 0.416 e. The number of halogens is 3. The zero-order valence-corrected chi connectivity index (χ0v) is 13.9. The van der Waals surface area contributed by atoms with Gasteiger partial charge in [-0.15, -0.1) is 0 Å². The van der Waals surface area contributed by atoms with Gasteiger partial charge in [0.15, 0.2) is 0 Å². The molecule has 1 aromatic heterocycles. The topological polar surface area (TPSA) is 64.4 Å². The summed E-state index contributed by atoms with van der Waals surface area (Å²) in [6, 6.07) is 4.88. The third kappa shape index (κ3) is 4.60. The highest BCUT2D eigenvalue weighted by atomic mass is 19.4. The number of hydrogen-bond acceptors (Lipinski definition) is 3. The van der Waals surface area contributed by atoms with Gasteiger partial charge < -0.3 is 14.4 Å². The molecule has 0 aliphatic carbocycles. The van der Waals surface area contributed by atoms with Gasteiger partial charge in [-0.05, 0) is 30.0 Å². The Morgan fingerprint density at radius 3 is 2.48 bits per heavy atom. The Morgan fingerprint density at radius 2 is 1.96 bits per heavy atom. The Labute approximate surface area is 143 Å². The fourth-order valence-electron chi connectivity index (χ4n) is 2.59. The number of hydrogen-bond donors (Lipinski definition) is 1. The lowest BCUT2D eigenvalue weighted by Gasteiger charge is -2.13. The second-order valence-corrected chi connectivity index (χ2v) is 5.76. The van der Waals surface area contributed by atoms with E-state index in [4.69, 9.17) is 4.74 Å². The van der Waals surface area contributed by atoms with Crippen LogP contribution in [0.4, 0.5) is 13.2 Å². The van der Waals surface area contributed by atoms with Crippen LogP contribution in [0.15, 0.2) is 30.6 Å². The molecule has 5 nitrogen and oxygen atoms in total. The number of carboxylic acid groups (broad SMARTS) is 1. The van der Waals surface area contributed by atoms with E-state index in [2.05, 4.69) is 4.98 Å². The number of carboxylic acids is 1. The molecule has 0 saturated heterocycles. The van der Waals surface area contributed by atoms with Crippen molar-refractivity contribution in [1.82, 2.24) is 9.55 Å². The average Bonchev–Trinajstić information content (AvgIpc) is 2.95. The molecule has 0 amide bonds. The van der Waals surface area contributed by atoms with E-state index in [1.807, 2.05) is 6.92 Å². The van der Waals surface area contributed by atoms with Crippen molar-refractivity contribution in [2.24, 2.45) is 0 Å². The lowest BCUT2D eigenvalue weighted by atomic mass is 9.94. The molecule has 136 valence electrons. The Hall–Kier alpha value is -2.35. The van der Waals surface area contributed by atoms with Gasteiger partial charge in [-0.3, -0.25) is 0 Å².